The van der Waals surface area contributed by atoms with Crippen molar-refractivity contribution in [3.05, 3.63) is 131 Å². The molecular formula is C33H24ClFN5O2. The number of nitrogens with one attached hydrogen (secondary N) is 3. The van der Waals surface area contributed by atoms with E-state index in [1.807, 2.05) is 36.4 Å². The molecule has 0 saturated heterocycles. The molecule has 0 unspecified atom stereocenters. The third-order valence-corrected chi connectivity index (χ3v) is 7.11. The molecule has 4 aromatic carbocycles. The summed E-state index contributed by atoms with van der Waals surface area (Å²) in [4.78, 5) is 21.7. The summed E-state index contributed by atoms with van der Waals surface area (Å²) >= 11 is 6.49. The van der Waals surface area contributed by atoms with Gasteiger partial charge in [-0.05, 0) is 71.3 Å². The van der Waals surface area contributed by atoms with Crippen molar-refractivity contribution in [3.8, 4) is 5.75 Å². The topological polar surface area (TPSA) is 99.9 Å². The first-order valence-electron chi connectivity index (χ1n) is 13.1. The SMILES string of the molecule is [NH]c1ccccc1NC(=O)C1=CC=C(c2ccc3ncnc(Nc4ccc(OCc5cccc(F)c5)c(Cl)c4)c3c2)C1. The van der Waals surface area contributed by atoms with Crippen LogP contribution in [0, 0.1) is 5.82 Å². The van der Waals surface area contributed by atoms with E-state index in [9.17, 15) is 9.18 Å². The van der Waals surface area contributed by atoms with Crippen molar-refractivity contribution in [1.82, 2.24) is 15.7 Å². The number of ether oxygens (including phenoxy) is 1. The fraction of sp³-hybridized carbons (Fsp3) is 0.0606. The first-order chi connectivity index (χ1) is 20.4. The molecule has 42 heavy (non-hydrogen) atoms. The highest BCUT2D eigenvalue weighted by molar-refractivity contribution is 6.32. The summed E-state index contributed by atoms with van der Waals surface area (Å²) in [6.45, 7) is 0.190. The zero-order valence-corrected chi connectivity index (χ0v) is 23.0. The molecule has 5 aromatic rings. The molecule has 0 fully saturated rings. The Labute approximate surface area is 246 Å². The number of nitrogens with zero attached hydrogens (tertiary/aromatic N) is 2. The van der Waals surface area contributed by atoms with Crippen LogP contribution in [0.25, 0.3) is 16.5 Å². The van der Waals surface area contributed by atoms with E-state index in [2.05, 4.69) is 20.6 Å². The van der Waals surface area contributed by atoms with Gasteiger partial charge in [-0.1, -0.05) is 54.1 Å². The standard InChI is InChI=1S/C33H24ClFN5O2/c34-27-17-25(11-13-31(27)42-18-20-4-3-5-24(35)14-20)39-32-26-16-22(10-12-29(26)37-19-38-32)21-8-9-23(15-21)33(41)40-30-7-2-1-6-28(30)36/h1-14,16-17,19,36H,15,18H2,(H,40,41)(H,37,38,39). The van der Waals surface area contributed by atoms with Gasteiger partial charge in [0.2, 0.25) is 0 Å². The number of anilines is 3. The molecule has 1 aliphatic carbocycles. The molecule has 1 aliphatic rings. The number of benzene rings is 4. The predicted octanol–water partition coefficient (Wildman–Crippen LogP) is 8.01. The van der Waals surface area contributed by atoms with Crippen LogP contribution in [0.15, 0.2) is 109 Å². The van der Waals surface area contributed by atoms with Crippen molar-refractivity contribution >= 4 is 56.9 Å². The van der Waals surface area contributed by atoms with Crippen molar-refractivity contribution in [3.63, 3.8) is 0 Å². The molecule has 0 spiro atoms. The summed E-state index contributed by atoms with van der Waals surface area (Å²) in [5, 5.41) is 7.35. The second-order valence-electron chi connectivity index (χ2n) is 9.70. The fourth-order valence-electron chi connectivity index (χ4n) is 4.65. The van der Waals surface area contributed by atoms with E-state index in [0.717, 1.165) is 22.0 Å². The Kier molecular flexibility index (Phi) is 7.53. The maximum atomic E-state index is 13.5. The Morgan fingerprint density at radius 2 is 1.86 bits per heavy atom. The highest BCUT2D eigenvalue weighted by Crippen LogP contribution is 2.34. The van der Waals surface area contributed by atoms with Gasteiger partial charge in [-0.3, -0.25) is 10.5 Å². The van der Waals surface area contributed by atoms with Crippen LogP contribution < -0.4 is 21.1 Å². The normalized spacial score (nSPS) is 12.5. The van der Waals surface area contributed by atoms with Gasteiger partial charge in [-0.25, -0.2) is 14.4 Å². The van der Waals surface area contributed by atoms with Gasteiger partial charge in [0.05, 0.1) is 21.9 Å². The zero-order valence-electron chi connectivity index (χ0n) is 22.2. The number of hydrogen-bond donors (Lipinski definition) is 2. The number of fused-ring (bicyclic) bond motifs is 1. The second-order valence-corrected chi connectivity index (χ2v) is 10.1. The van der Waals surface area contributed by atoms with Crippen LogP contribution >= 0.6 is 11.6 Å². The van der Waals surface area contributed by atoms with Gasteiger partial charge in [-0.2, -0.15) is 0 Å². The number of rotatable bonds is 8. The first-order valence-corrected chi connectivity index (χ1v) is 13.5. The molecule has 1 heterocycles. The third-order valence-electron chi connectivity index (χ3n) is 6.82. The largest absolute Gasteiger partial charge is 0.487 e. The molecule has 1 radical (unpaired) electrons. The Morgan fingerprint density at radius 1 is 0.976 bits per heavy atom. The van der Waals surface area contributed by atoms with Crippen LogP contribution in [0.5, 0.6) is 5.75 Å². The number of para-hydroxylation sites is 1. The molecule has 207 valence electrons. The van der Waals surface area contributed by atoms with E-state index in [1.54, 1.807) is 48.5 Å². The van der Waals surface area contributed by atoms with Crippen LogP contribution in [-0.4, -0.2) is 15.9 Å². The summed E-state index contributed by atoms with van der Waals surface area (Å²) in [6, 6.07) is 24.3. The van der Waals surface area contributed by atoms with Crippen molar-refractivity contribution in [1.29, 1.82) is 0 Å². The molecule has 1 aromatic heterocycles. The predicted molar refractivity (Wildman–Crippen MR) is 164 cm³/mol. The van der Waals surface area contributed by atoms with Gasteiger partial charge >= 0.3 is 0 Å². The molecule has 1 amide bonds. The molecular weight excluding hydrogens is 553 g/mol. The van der Waals surface area contributed by atoms with Crippen molar-refractivity contribution in [2.45, 2.75) is 13.0 Å². The molecule has 9 heteroatoms. The van der Waals surface area contributed by atoms with Gasteiger partial charge < -0.3 is 15.4 Å². The average molecular weight is 577 g/mol. The monoisotopic (exact) mass is 576 g/mol. The molecule has 0 aliphatic heterocycles. The van der Waals surface area contributed by atoms with Gasteiger partial charge in [0.15, 0.2) is 0 Å². The van der Waals surface area contributed by atoms with E-state index >= 15 is 0 Å². The zero-order chi connectivity index (χ0) is 29.1. The molecule has 0 atom stereocenters. The lowest BCUT2D eigenvalue weighted by Gasteiger charge is -2.13. The summed E-state index contributed by atoms with van der Waals surface area (Å²) in [5.41, 5.74) is 13.4. The Bertz CT molecular complexity index is 1890. The minimum atomic E-state index is -0.320. The number of allylic oxidation sites excluding steroid dienone is 3. The van der Waals surface area contributed by atoms with Crippen LogP contribution in [0.4, 0.5) is 27.3 Å². The maximum absolute atomic E-state index is 13.5. The third kappa shape index (κ3) is 5.94. The van der Waals surface area contributed by atoms with Crippen LogP contribution in [0.3, 0.4) is 0 Å². The Balaban J connectivity index is 1.16. The number of carbonyl (C=O) groups is 1. The molecule has 7 nitrogen and oxygen atoms in total. The fourth-order valence-corrected chi connectivity index (χ4v) is 4.88. The molecule has 6 rings (SSSR count). The summed E-state index contributed by atoms with van der Waals surface area (Å²) < 4.78 is 19.3. The van der Waals surface area contributed by atoms with Gasteiger partial charge in [-0.15, -0.1) is 0 Å². The highest BCUT2D eigenvalue weighted by Gasteiger charge is 2.18. The number of halogens is 2. The van der Waals surface area contributed by atoms with E-state index in [-0.39, 0.29) is 24.0 Å². The molecule has 0 saturated carbocycles. The van der Waals surface area contributed by atoms with Crippen molar-refractivity contribution in [2.75, 3.05) is 10.6 Å². The van der Waals surface area contributed by atoms with Gasteiger partial charge in [0, 0.05) is 23.1 Å². The number of amides is 1. The van der Waals surface area contributed by atoms with Gasteiger partial charge in [0.1, 0.15) is 30.3 Å². The lowest BCUT2D eigenvalue weighted by atomic mass is 10.0. The number of carbonyl (C=O) groups excluding carboxylic acids is 1. The van der Waals surface area contributed by atoms with E-state index < -0.39 is 0 Å². The van der Waals surface area contributed by atoms with E-state index in [0.29, 0.717) is 45.5 Å². The Morgan fingerprint density at radius 3 is 2.69 bits per heavy atom. The van der Waals surface area contributed by atoms with Crippen LogP contribution in [-0.2, 0) is 11.4 Å². The summed E-state index contributed by atoms with van der Waals surface area (Å²) in [7, 11) is 0. The second kappa shape index (κ2) is 11.7. The quantitative estimate of drug-likeness (QED) is 0.195. The lowest BCUT2D eigenvalue weighted by molar-refractivity contribution is -0.112. The molecule has 0 bridgehead atoms. The smallest absolute Gasteiger partial charge is 0.251 e. The number of aromatic nitrogens is 2. The Hall–Kier alpha value is -5.21. The highest BCUT2D eigenvalue weighted by atomic mass is 35.5. The number of hydrogen-bond acceptors (Lipinski definition) is 5. The van der Waals surface area contributed by atoms with E-state index in [1.165, 1.54) is 18.5 Å². The minimum Gasteiger partial charge on any atom is -0.487 e. The van der Waals surface area contributed by atoms with Gasteiger partial charge in [0.25, 0.3) is 5.91 Å². The van der Waals surface area contributed by atoms with Crippen LogP contribution in [0.1, 0.15) is 17.5 Å². The summed E-state index contributed by atoms with van der Waals surface area (Å²) in [5.74, 6) is 0.531. The minimum absolute atomic E-state index is 0.190. The average Bonchev–Trinajstić information content (AvgIpc) is 3.49. The van der Waals surface area contributed by atoms with Crippen molar-refractivity contribution < 1.29 is 13.9 Å². The summed E-state index contributed by atoms with van der Waals surface area (Å²) in [6.07, 6.45) is 5.69. The van der Waals surface area contributed by atoms with E-state index in [4.69, 9.17) is 22.1 Å². The van der Waals surface area contributed by atoms with Crippen molar-refractivity contribution in [2.24, 2.45) is 0 Å². The van der Waals surface area contributed by atoms with Crippen LogP contribution in [0.2, 0.25) is 5.02 Å². The lowest BCUT2D eigenvalue weighted by Crippen LogP contribution is -2.14. The molecule has 3 N–H and O–H groups in total. The first kappa shape index (κ1) is 27.0. The maximum Gasteiger partial charge on any atom is 0.251 e.